The van der Waals surface area contributed by atoms with Gasteiger partial charge in [0.1, 0.15) is 11.0 Å². The number of carbonyl (C=O) groups is 2. The number of benzene rings is 3. The summed E-state index contributed by atoms with van der Waals surface area (Å²) in [5.74, 6) is 0.119. The fourth-order valence-corrected chi connectivity index (χ4v) is 5.36. The maximum atomic E-state index is 12.8. The molecule has 36 heavy (non-hydrogen) atoms. The lowest BCUT2D eigenvalue weighted by molar-refractivity contribution is -0.121. The number of amidine groups is 1. The Morgan fingerprint density at radius 1 is 1.08 bits per heavy atom. The SMILES string of the molecule is COc1ccc(C2CC(c3ccccc3)=NN2C2=NC(=O)C(CC(=O)Nc3ccccc3Cl)S2)cc1. The first-order valence-corrected chi connectivity index (χ1v) is 12.7. The Kier molecular flexibility index (Phi) is 7.06. The van der Waals surface area contributed by atoms with Crippen molar-refractivity contribution in [1.82, 2.24) is 5.01 Å². The van der Waals surface area contributed by atoms with Crippen LogP contribution in [0, 0.1) is 0 Å². The number of hydrogen-bond acceptors (Lipinski definition) is 6. The molecule has 1 N–H and O–H groups in total. The van der Waals surface area contributed by atoms with Crippen molar-refractivity contribution in [1.29, 1.82) is 0 Å². The number of methoxy groups -OCH3 is 1. The minimum Gasteiger partial charge on any atom is -0.497 e. The van der Waals surface area contributed by atoms with E-state index in [9.17, 15) is 9.59 Å². The molecule has 0 aliphatic carbocycles. The molecule has 0 spiro atoms. The molecule has 0 radical (unpaired) electrons. The molecule has 2 aliphatic heterocycles. The number of nitrogens with one attached hydrogen (secondary N) is 1. The van der Waals surface area contributed by atoms with E-state index < -0.39 is 5.25 Å². The molecule has 0 bridgehead atoms. The van der Waals surface area contributed by atoms with Crippen molar-refractivity contribution in [2.45, 2.75) is 24.1 Å². The van der Waals surface area contributed by atoms with Crippen LogP contribution in [-0.4, -0.2) is 40.1 Å². The van der Waals surface area contributed by atoms with Gasteiger partial charge >= 0.3 is 0 Å². The molecule has 3 aromatic carbocycles. The van der Waals surface area contributed by atoms with Crippen molar-refractivity contribution in [3.8, 4) is 5.75 Å². The van der Waals surface area contributed by atoms with Gasteiger partial charge in [-0.1, -0.05) is 78.0 Å². The average Bonchev–Trinajstić information content (AvgIpc) is 3.50. The van der Waals surface area contributed by atoms with Crippen LogP contribution in [0.1, 0.15) is 30.0 Å². The van der Waals surface area contributed by atoms with E-state index in [-0.39, 0.29) is 24.3 Å². The van der Waals surface area contributed by atoms with Crippen molar-refractivity contribution in [3.63, 3.8) is 0 Å². The Bertz CT molecular complexity index is 1340. The summed E-state index contributed by atoms with van der Waals surface area (Å²) in [6.45, 7) is 0. The van der Waals surface area contributed by atoms with Crippen LogP contribution in [0.4, 0.5) is 5.69 Å². The summed E-state index contributed by atoms with van der Waals surface area (Å²) in [6, 6.07) is 24.6. The van der Waals surface area contributed by atoms with Crippen molar-refractivity contribution < 1.29 is 14.3 Å². The van der Waals surface area contributed by atoms with Gasteiger partial charge in [-0.3, -0.25) is 9.59 Å². The van der Waals surface area contributed by atoms with Gasteiger partial charge in [-0.2, -0.15) is 10.1 Å². The number of carbonyl (C=O) groups excluding carboxylic acids is 2. The van der Waals surface area contributed by atoms with Gasteiger partial charge in [-0.15, -0.1) is 0 Å². The van der Waals surface area contributed by atoms with Crippen LogP contribution >= 0.6 is 23.4 Å². The van der Waals surface area contributed by atoms with Gasteiger partial charge in [0.25, 0.3) is 5.91 Å². The number of nitrogens with zero attached hydrogens (tertiary/aromatic N) is 3. The molecule has 5 rings (SSSR count). The second kappa shape index (κ2) is 10.6. The van der Waals surface area contributed by atoms with Crippen molar-refractivity contribution in [2.75, 3.05) is 12.4 Å². The molecule has 9 heteroatoms. The summed E-state index contributed by atoms with van der Waals surface area (Å²) in [5.41, 5.74) is 3.47. The Balaban J connectivity index is 1.35. The number of para-hydroxylation sites is 1. The second-order valence-corrected chi connectivity index (χ2v) is 9.90. The number of hydrazone groups is 1. The van der Waals surface area contributed by atoms with Gasteiger partial charge < -0.3 is 10.1 Å². The fourth-order valence-electron chi connectivity index (χ4n) is 4.11. The predicted octanol–water partition coefficient (Wildman–Crippen LogP) is 5.53. The minimum atomic E-state index is -0.630. The summed E-state index contributed by atoms with van der Waals surface area (Å²) >= 11 is 7.40. The maximum absolute atomic E-state index is 12.8. The molecule has 2 atom stereocenters. The zero-order valence-electron chi connectivity index (χ0n) is 19.4. The third-order valence-corrected chi connectivity index (χ3v) is 7.43. The van der Waals surface area contributed by atoms with E-state index in [0.717, 1.165) is 22.6 Å². The summed E-state index contributed by atoms with van der Waals surface area (Å²) in [4.78, 5) is 29.7. The van der Waals surface area contributed by atoms with E-state index in [2.05, 4.69) is 10.3 Å². The summed E-state index contributed by atoms with van der Waals surface area (Å²) in [6.07, 6.45) is 0.639. The number of thioether (sulfide) groups is 1. The predicted molar refractivity (Wildman–Crippen MR) is 144 cm³/mol. The number of rotatable bonds is 6. The van der Waals surface area contributed by atoms with Crippen molar-refractivity contribution in [2.24, 2.45) is 10.1 Å². The lowest BCUT2D eigenvalue weighted by Crippen LogP contribution is -2.25. The first kappa shape index (κ1) is 24.1. The molecule has 2 aliphatic rings. The molecular formula is C27H23ClN4O3S. The maximum Gasteiger partial charge on any atom is 0.262 e. The molecule has 182 valence electrons. The van der Waals surface area contributed by atoms with E-state index in [1.165, 1.54) is 11.8 Å². The van der Waals surface area contributed by atoms with Crippen LogP contribution in [0.2, 0.25) is 5.02 Å². The molecule has 0 fully saturated rings. The van der Waals surface area contributed by atoms with Crippen LogP contribution in [0.3, 0.4) is 0 Å². The van der Waals surface area contributed by atoms with Crippen LogP contribution in [0.15, 0.2) is 89.0 Å². The molecule has 0 saturated carbocycles. The van der Waals surface area contributed by atoms with Crippen molar-refractivity contribution >= 4 is 51.7 Å². The van der Waals surface area contributed by atoms with Gasteiger partial charge in [-0.05, 0) is 35.4 Å². The molecule has 2 unspecified atom stereocenters. The number of ether oxygens (including phenoxy) is 1. The van der Waals surface area contributed by atoms with Crippen LogP contribution in [-0.2, 0) is 9.59 Å². The normalized spacial score (nSPS) is 19.2. The quantitative estimate of drug-likeness (QED) is 0.464. The van der Waals surface area contributed by atoms with E-state index in [4.69, 9.17) is 21.4 Å². The summed E-state index contributed by atoms with van der Waals surface area (Å²) in [7, 11) is 1.63. The highest BCUT2D eigenvalue weighted by Gasteiger charge is 2.39. The second-order valence-electron chi connectivity index (χ2n) is 8.32. The van der Waals surface area contributed by atoms with Crippen LogP contribution < -0.4 is 10.1 Å². The molecule has 7 nitrogen and oxygen atoms in total. The van der Waals surface area contributed by atoms with Crippen LogP contribution in [0.25, 0.3) is 0 Å². The number of anilines is 1. The topological polar surface area (TPSA) is 83.4 Å². The van der Waals surface area contributed by atoms with Gasteiger partial charge in [0.05, 0.1) is 29.6 Å². The lowest BCUT2D eigenvalue weighted by atomic mass is 9.98. The van der Waals surface area contributed by atoms with Gasteiger partial charge in [0, 0.05) is 12.8 Å². The molecule has 0 aromatic heterocycles. The molecule has 3 aromatic rings. The third-order valence-electron chi connectivity index (χ3n) is 5.96. The van der Waals surface area contributed by atoms with Gasteiger partial charge in [-0.25, -0.2) is 5.01 Å². The van der Waals surface area contributed by atoms with E-state index in [0.29, 0.717) is 22.3 Å². The number of halogens is 1. The number of amides is 2. The lowest BCUT2D eigenvalue weighted by Gasteiger charge is -2.23. The van der Waals surface area contributed by atoms with E-state index in [1.807, 2.05) is 54.6 Å². The standard InChI is InChI=1S/C27H23ClN4O3S/c1-35-19-13-11-18(12-14-19)23-15-22(17-7-3-2-4-8-17)31-32(23)27-30-26(34)24(36-27)16-25(33)29-21-10-6-5-9-20(21)28/h2-14,23-24H,15-16H2,1H3,(H,29,33). The average molecular weight is 519 g/mol. The highest BCUT2D eigenvalue weighted by Crippen LogP contribution is 2.39. The van der Waals surface area contributed by atoms with Crippen molar-refractivity contribution in [3.05, 3.63) is 95.0 Å². The smallest absolute Gasteiger partial charge is 0.262 e. The first-order valence-electron chi connectivity index (χ1n) is 11.4. The number of aliphatic imine (C=N–C) groups is 1. The third kappa shape index (κ3) is 5.15. The molecular weight excluding hydrogens is 496 g/mol. The highest BCUT2D eigenvalue weighted by atomic mass is 35.5. The minimum absolute atomic E-state index is 0.0159. The fraction of sp³-hybridized carbons (Fsp3) is 0.185. The van der Waals surface area contributed by atoms with Gasteiger partial charge in [0.15, 0.2) is 5.17 Å². The molecule has 2 heterocycles. The molecule has 0 saturated heterocycles. The number of hydrogen-bond donors (Lipinski definition) is 1. The molecule has 2 amide bonds. The van der Waals surface area contributed by atoms with E-state index >= 15 is 0 Å². The largest absolute Gasteiger partial charge is 0.497 e. The zero-order chi connectivity index (χ0) is 25.1. The zero-order valence-corrected chi connectivity index (χ0v) is 21.0. The Morgan fingerprint density at radius 2 is 1.81 bits per heavy atom. The van der Waals surface area contributed by atoms with Gasteiger partial charge in [0.2, 0.25) is 5.91 Å². The van der Waals surface area contributed by atoms with E-state index in [1.54, 1.807) is 36.4 Å². The monoisotopic (exact) mass is 518 g/mol. The Morgan fingerprint density at radius 3 is 2.53 bits per heavy atom. The highest BCUT2D eigenvalue weighted by molar-refractivity contribution is 8.15. The first-order chi connectivity index (χ1) is 17.5. The Labute approximate surface area is 218 Å². The summed E-state index contributed by atoms with van der Waals surface area (Å²) < 4.78 is 5.30. The Hall–Kier alpha value is -3.62. The summed E-state index contributed by atoms with van der Waals surface area (Å²) in [5, 5.41) is 9.74. The van der Waals surface area contributed by atoms with Crippen LogP contribution in [0.5, 0.6) is 5.75 Å².